The Labute approximate surface area is 107 Å². The summed E-state index contributed by atoms with van der Waals surface area (Å²) in [5, 5.41) is 12.2. The zero-order valence-corrected chi connectivity index (χ0v) is 10.3. The van der Waals surface area contributed by atoms with Gasteiger partial charge in [0.15, 0.2) is 0 Å². The van der Waals surface area contributed by atoms with Crippen molar-refractivity contribution in [3.05, 3.63) is 65.5 Å². The Morgan fingerprint density at radius 1 is 1.28 bits per heavy atom. The predicted molar refractivity (Wildman–Crippen MR) is 70.6 cm³/mol. The van der Waals surface area contributed by atoms with Crippen molar-refractivity contribution in [2.75, 3.05) is 0 Å². The van der Waals surface area contributed by atoms with E-state index in [9.17, 15) is 0 Å². The number of nitriles is 1. The molecular formula is C15H15N3. The van der Waals surface area contributed by atoms with E-state index in [1.807, 2.05) is 42.6 Å². The van der Waals surface area contributed by atoms with Crippen LogP contribution in [0.5, 0.6) is 0 Å². The predicted octanol–water partition coefficient (Wildman–Crippen LogP) is 2.80. The monoisotopic (exact) mass is 237 g/mol. The third kappa shape index (κ3) is 3.16. The first-order valence-corrected chi connectivity index (χ1v) is 5.92. The molecule has 0 unspecified atom stereocenters. The topological polar surface area (TPSA) is 48.7 Å². The number of nitrogens with one attached hydrogen (secondary N) is 1. The largest absolute Gasteiger partial charge is 0.306 e. The zero-order valence-electron chi connectivity index (χ0n) is 10.3. The maximum Gasteiger partial charge on any atom is 0.0991 e. The molecule has 0 spiro atoms. The van der Waals surface area contributed by atoms with E-state index in [1.165, 1.54) is 5.56 Å². The lowest BCUT2D eigenvalue weighted by molar-refractivity contribution is 0.574. The Hall–Kier alpha value is -2.18. The zero-order chi connectivity index (χ0) is 12.8. The average molecular weight is 237 g/mol. The van der Waals surface area contributed by atoms with Gasteiger partial charge in [-0.25, -0.2) is 0 Å². The second kappa shape index (κ2) is 5.95. The number of aromatic nitrogens is 1. The van der Waals surface area contributed by atoms with Crippen LogP contribution in [0.15, 0.2) is 48.8 Å². The molecule has 0 aliphatic heterocycles. The van der Waals surface area contributed by atoms with Crippen LogP contribution < -0.4 is 5.32 Å². The first-order chi connectivity index (χ1) is 8.79. The van der Waals surface area contributed by atoms with E-state index in [-0.39, 0.29) is 6.04 Å². The van der Waals surface area contributed by atoms with Crippen LogP contribution in [0.3, 0.4) is 0 Å². The van der Waals surface area contributed by atoms with Gasteiger partial charge >= 0.3 is 0 Å². The van der Waals surface area contributed by atoms with Crippen molar-refractivity contribution in [1.82, 2.24) is 10.3 Å². The van der Waals surface area contributed by atoms with E-state index in [1.54, 1.807) is 6.20 Å². The first kappa shape index (κ1) is 12.3. The highest BCUT2D eigenvalue weighted by Gasteiger charge is 2.04. The number of pyridine rings is 1. The Kier molecular flexibility index (Phi) is 4.06. The Bertz CT molecular complexity index is 526. The summed E-state index contributed by atoms with van der Waals surface area (Å²) in [6.07, 6.45) is 3.63. The van der Waals surface area contributed by atoms with E-state index in [0.717, 1.165) is 12.1 Å². The van der Waals surface area contributed by atoms with Gasteiger partial charge < -0.3 is 5.32 Å². The van der Waals surface area contributed by atoms with Gasteiger partial charge in [0, 0.05) is 25.0 Å². The highest BCUT2D eigenvalue weighted by Crippen LogP contribution is 2.13. The summed E-state index contributed by atoms with van der Waals surface area (Å²) in [4.78, 5) is 4.08. The summed E-state index contributed by atoms with van der Waals surface area (Å²) in [6, 6.07) is 14.0. The van der Waals surface area contributed by atoms with E-state index >= 15 is 0 Å². The fourth-order valence-corrected chi connectivity index (χ4v) is 1.74. The molecule has 2 rings (SSSR count). The van der Waals surface area contributed by atoms with Crippen LogP contribution >= 0.6 is 0 Å². The van der Waals surface area contributed by atoms with Gasteiger partial charge in [-0.05, 0) is 36.2 Å². The van der Waals surface area contributed by atoms with Gasteiger partial charge in [0.2, 0.25) is 0 Å². The average Bonchev–Trinajstić information content (AvgIpc) is 2.46. The van der Waals surface area contributed by atoms with E-state index < -0.39 is 0 Å². The smallest absolute Gasteiger partial charge is 0.0991 e. The molecule has 0 fully saturated rings. The number of rotatable bonds is 4. The quantitative estimate of drug-likeness (QED) is 0.889. The number of hydrogen-bond acceptors (Lipinski definition) is 3. The standard InChI is InChI=1S/C15H15N3/c1-12(15-6-4-13(9-16)5-7-15)18-11-14-3-2-8-17-10-14/h2-8,10,12,18H,11H2,1H3/t12-/m0/s1. The van der Waals surface area contributed by atoms with Crippen LogP contribution in [0.2, 0.25) is 0 Å². The van der Waals surface area contributed by atoms with Crippen LogP contribution in [-0.4, -0.2) is 4.98 Å². The number of nitrogens with zero attached hydrogens (tertiary/aromatic N) is 2. The molecule has 1 heterocycles. The second-order valence-electron chi connectivity index (χ2n) is 4.20. The van der Waals surface area contributed by atoms with Gasteiger partial charge in [-0.15, -0.1) is 0 Å². The molecule has 1 atom stereocenters. The normalized spacial score (nSPS) is 11.8. The number of benzene rings is 1. The van der Waals surface area contributed by atoms with Crippen molar-refractivity contribution in [2.24, 2.45) is 0 Å². The minimum atomic E-state index is 0.248. The van der Waals surface area contributed by atoms with Crippen molar-refractivity contribution in [2.45, 2.75) is 19.5 Å². The Morgan fingerprint density at radius 3 is 2.67 bits per heavy atom. The molecule has 0 amide bonds. The molecule has 0 saturated carbocycles. The maximum absolute atomic E-state index is 8.75. The van der Waals surface area contributed by atoms with Crippen LogP contribution in [0, 0.1) is 11.3 Å². The van der Waals surface area contributed by atoms with E-state index in [0.29, 0.717) is 5.56 Å². The molecule has 0 aliphatic rings. The molecule has 1 N–H and O–H groups in total. The SMILES string of the molecule is C[C@H](NCc1cccnc1)c1ccc(C#N)cc1. The van der Waals surface area contributed by atoms with Crippen molar-refractivity contribution >= 4 is 0 Å². The third-order valence-corrected chi connectivity index (χ3v) is 2.87. The molecule has 0 bridgehead atoms. The molecule has 0 saturated heterocycles. The van der Waals surface area contributed by atoms with Crippen molar-refractivity contribution in [3.8, 4) is 6.07 Å². The lowest BCUT2D eigenvalue weighted by atomic mass is 10.1. The minimum absolute atomic E-state index is 0.248. The summed E-state index contributed by atoms with van der Waals surface area (Å²) in [7, 11) is 0. The van der Waals surface area contributed by atoms with Crippen molar-refractivity contribution in [1.29, 1.82) is 5.26 Å². The highest BCUT2D eigenvalue weighted by atomic mass is 14.9. The van der Waals surface area contributed by atoms with Crippen molar-refractivity contribution < 1.29 is 0 Å². The molecule has 1 aromatic carbocycles. The molecule has 2 aromatic rings. The van der Waals surface area contributed by atoms with Crippen LogP contribution in [-0.2, 0) is 6.54 Å². The third-order valence-electron chi connectivity index (χ3n) is 2.87. The molecule has 0 radical (unpaired) electrons. The Morgan fingerprint density at radius 2 is 2.06 bits per heavy atom. The fourth-order valence-electron chi connectivity index (χ4n) is 1.74. The highest BCUT2D eigenvalue weighted by molar-refractivity contribution is 5.32. The lowest BCUT2D eigenvalue weighted by Gasteiger charge is -2.14. The van der Waals surface area contributed by atoms with Crippen molar-refractivity contribution in [3.63, 3.8) is 0 Å². The van der Waals surface area contributed by atoms with Gasteiger partial charge in [0.1, 0.15) is 0 Å². The van der Waals surface area contributed by atoms with Crippen LogP contribution in [0.1, 0.15) is 29.7 Å². The maximum atomic E-state index is 8.75. The summed E-state index contributed by atoms with van der Waals surface area (Å²) in [6.45, 7) is 2.90. The molecule has 90 valence electrons. The van der Waals surface area contributed by atoms with E-state index in [4.69, 9.17) is 5.26 Å². The molecule has 3 nitrogen and oxygen atoms in total. The Balaban J connectivity index is 1.95. The number of hydrogen-bond donors (Lipinski definition) is 1. The molecule has 18 heavy (non-hydrogen) atoms. The summed E-state index contributed by atoms with van der Waals surface area (Å²) in [5.41, 5.74) is 3.04. The van der Waals surface area contributed by atoms with Crippen LogP contribution in [0.4, 0.5) is 0 Å². The first-order valence-electron chi connectivity index (χ1n) is 5.92. The van der Waals surface area contributed by atoms with Gasteiger partial charge in [-0.1, -0.05) is 18.2 Å². The van der Waals surface area contributed by atoms with Gasteiger partial charge in [-0.3, -0.25) is 4.98 Å². The van der Waals surface area contributed by atoms with Gasteiger partial charge in [0.25, 0.3) is 0 Å². The minimum Gasteiger partial charge on any atom is -0.306 e. The molecule has 0 aliphatic carbocycles. The summed E-state index contributed by atoms with van der Waals surface area (Å²) < 4.78 is 0. The fraction of sp³-hybridized carbons (Fsp3) is 0.200. The van der Waals surface area contributed by atoms with E-state index in [2.05, 4.69) is 23.3 Å². The molecule has 3 heteroatoms. The molecular weight excluding hydrogens is 222 g/mol. The van der Waals surface area contributed by atoms with Gasteiger partial charge in [0.05, 0.1) is 11.6 Å². The summed E-state index contributed by atoms with van der Waals surface area (Å²) >= 11 is 0. The van der Waals surface area contributed by atoms with Crippen LogP contribution in [0.25, 0.3) is 0 Å². The summed E-state index contributed by atoms with van der Waals surface area (Å²) in [5.74, 6) is 0. The van der Waals surface area contributed by atoms with Gasteiger partial charge in [-0.2, -0.15) is 5.26 Å². The lowest BCUT2D eigenvalue weighted by Crippen LogP contribution is -2.18. The molecule has 1 aromatic heterocycles. The second-order valence-corrected chi connectivity index (χ2v) is 4.20.